The monoisotopic (exact) mass is 611 g/mol. The number of hydrogen-bond donors (Lipinski definition) is 1. The van der Waals surface area contributed by atoms with E-state index in [0.29, 0.717) is 5.69 Å². The molecule has 3 aromatic rings. The van der Waals surface area contributed by atoms with Gasteiger partial charge in [0.05, 0.1) is 18.6 Å². The number of anilines is 1. The van der Waals surface area contributed by atoms with Crippen molar-refractivity contribution in [3.63, 3.8) is 0 Å². The smallest absolute Gasteiger partial charge is 0.416 e. The number of rotatable bonds is 13. The number of carbonyl (C=O) groups excluding carboxylic acids is 1. The maximum absolute atomic E-state index is 13.8. The van der Waals surface area contributed by atoms with Crippen LogP contribution >= 0.6 is 0 Å². The van der Waals surface area contributed by atoms with Gasteiger partial charge in [-0.2, -0.15) is 4.31 Å². The number of aromatic nitrogens is 3. The second-order valence-corrected chi connectivity index (χ2v) is 14.1. The molecule has 232 valence electrons. The van der Waals surface area contributed by atoms with Crippen LogP contribution in [0.25, 0.3) is 0 Å². The highest BCUT2D eigenvalue weighted by Crippen LogP contribution is 2.52. The molecule has 11 nitrogen and oxygen atoms in total. The largest absolute Gasteiger partial charge is 0.480 e. The van der Waals surface area contributed by atoms with E-state index >= 15 is 0 Å². The number of carboxylic acids is 1. The van der Waals surface area contributed by atoms with Crippen LogP contribution in [-0.4, -0.2) is 56.6 Å². The summed E-state index contributed by atoms with van der Waals surface area (Å²) < 4.78 is 35.8. The third kappa shape index (κ3) is 8.20. The number of unbranched alkanes of at least 4 members (excludes halogenated alkanes) is 1. The zero-order valence-electron chi connectivity index (χ0n) is 25.5. The van der Waals surface area contributed by atoms with Crippen LogP contribution in [-0.2, 0) is 45.1 Å². The van der Waals surface area contributed by atoms with Gasteiger partial charge >= 0.3 is 12.1 Å². The molecule has 4 rings (SSSR count). The second-order valence-electron chi connectivity index (χ2n) is 12.2. The molecule has 1 N–H and O–H groups in total. The molecular formula is C31H41N5O6S. The lowest BCUT2D eigenvalue weighted by Crippen LogP contribution is -2.40. The Morgan fingerprint density at radius 1 is 1.09 bits per heavy atom. The van der Waals surface area contributed by atoms with Crippen LogP contribution in [0.2, 0.25) is 0 Å². The van der Waals surface area contributed by atoms with Crippen LogP contribution in [0, 0.1) is 0 Å². The van der Waals surface area contributed by atoms with Crippen molar-refractivity contribution in [2.45, 2.75) is 88.9 Å². The fourth-order valence-corrected chi connectivity index (χ4v) is 6.34. The van der Waals surface area contributed by atoms with Gasteiger partial charge in [-0.3, -0.25) is 9.69 Å². The average molecular weight is 612 g/mol. The summed E-state index contributed by atoms with van der Waals surface area (Å²) in [5.41, 5.74) is 1.81. The molecule has 1 aliphatic rings. The highest BCUT2D eigenvalue weighted by molar-refractivity contribution is 7.89. The van der Waals surface area contributed by atoms with Crippen molar-refractivity contribution in [2.24, 2.45) is 7.05 Å². The van der Waals surface area contributed by atoms with E-state index in [0.717, 1.165) is 23.3 Å². The Kier molecular flexibility index (Phi) is 9.60. The number of aryl methyl sites for hydroxylation is 1. The highest BCUT2D eigenvalue weighted by atomic mass is 32.2. The first-order chi connectivity index (χ1) is 20.2. The summed E-state index contributed by atoms with van der Waals surface area (Å²) in [5.74, 6) is -1.21. The predicted molar refractivity (Wildman–Crippen MR) is 162 cm³/mol. The lowest BCUT2D eigenvalue weighted by molar-refractivity contribution is -0.135. The number of pyridine rings is 1. The second kappa shape index (κ2) is 12.8. The Hall–Kier alpha value is -3.77. The maximum atomic E-state index is 13.8. The van der Waals surface area contributed by atoms with Gasteiger partial charge in [-0.15, -0.1) is 0 Å². The first-order valence-corrected chi connectivity index (χ1v) is 15.9. The summed E-state index contributed by atoms with van der Waals surface area (Å²) in [6.45, 7) is 6.49. The third-order valence-electron chi connectivity index (χ3n) is 7.39. The quantitative estimate of drug-likeness (QED) is 0.277. The van der Waals surface area contributed by atoms with Gasteiger partial charge in [-0.1, -0.05) is 50.1 Å². The summed E-state index contributed by atoms with van der Waals surface area (Å²) in [4.78, 5) is 33.9. The molecule has 2 aromatic heterocycles. The van der Waals surface area contributed by atoms with Crippen molar-refractivity contribution in [1.29, 1.82) is 0 Å². The number of ether oxygens (including phenoxy) is 1. The van der Waals surface area contributed by atoms with E-state index in [1.807, 2.05) is 12.1 Å². The van der Waals surface area contributed by atoms with E-state index in [1.54, 1.807) is 44.5 Å². The van der Waals surface area contributed by atoms with E-state index in [4.69, 9.17) is 4.74 Å². The molecular weight excluding hydrogens is 570 g/mol. The van der Waals surface area contributed by atoms with Crippen molar-refractivity contribution in [1.82, 2.24) is 18.8 Å². The molecule has 1 fully saturated rings. The molecule has 0 aliphatic heterocycles. The Morgan fingerprint density at radius 3 is 2.35 bits per heavy atom. The highest BCUT2D eigenvalue weighted by Gasteiger charge is 2.43. The van der Waals surface area contributed by atoms with Gasteiger partial charge in [0, 0.05) is 19.8 Å². The van der Waals surface area contributed by atoms with Crippen LogP contribution in [0.1, 0.15) is 76.6 Å². The number of carboxylic acid groups (broad SMARTS) is 1. The topological polar surface area (TPSA) is 135 Å². The molecule has 0 unspecified atom stereocenters. The fraction of sp³-hybridized carbons (Fsp3) is 0.484. The van der Waals surface area contributed by atoms with Crippen molar-refractivity contribution >= 4 is 27.9 Å². The van der Waals surface area contributed by atoms with Crippen LogP contribution in [0.4, 0.5) is 10.6 Å². The first kappa shape index (κ1) is 32.2. The predicted octanol–water partition coefficient (Wildman–Crippen LogP) is 5.25. The molecule has 0 saturated heterocycles. The summed E-state index contributed by atoms with van der Waals surface area (Å²) in [6, 6.07) is 12.9. The molecule has 2 heterocycles. The number of imidazole rings is 1. The first-order valence-electron chi connectivity index (χ1n) is 14.5. The zero-order valence-corrected chi connectivity index (χ0v) is 26.3. The van der Waals surface area contributed by atoms with Gasteiger partial charge in [-0.25, -0.2) is 23.2 Å². The molecule has 0 bridgehead atoms. The number of carbonyl (C=O) groups is 2. The van der Waals surface area contributed by atoms with Gasteiger partial charge in [-0.05, 0) is 68.7 Å². The molecule has 0 radical (unpaired) electrons. The Morgan fingerprint density at radius 2 is 1.79 bits per heavy atom. The van der Waals surface area contributed by atoms with Gasteiger partial charge in [0.1, 0.15) is 18.0 Å². The standard InChI is InChI=1S/C31H41N5O6S/c1-6-7-15-31(16-17-31)24-13-11-23(12-14-24)18-35(43(40,41)27-20-34(5)22-32-27)19-25-9-8-10-26(33-25)36(21-28(37)38)29(39)42-30(2,3)4/h8-14,20,22H,6-7,15-19,21H2,1-5H3,(H,37,38). The minimum Gasteiger partial charge on any atom is -0.480 e. The summed E-state index contributed by atoms with van der Waals surface area (Å²) >= 11 is 0. The van der Waals surface area contributed by atoms with Crippen LogP contribution in [0.15, 0.2) is 60.0 Å². The Labute approximate surface area is 253 Å². The molecule has 12 heteroatoms. The van der Waals surface area contributed by atoms with E-state index in [9.17, 15) is 23.1 Å². The number of hydrogen-bond acceptors (Lipinski definition) is 7. The minimum absolute atomic E-state index is 0.0375. The fourth-order valence-electron chi connectivity index (χ4n) is 4.97. The van der Waals surface area contributed by atoms with E-state index in [-0.39, 0.29) is 29.3 Å². The zero-order chi connectivity index (χ0) is 31.4. The average Bonchev–Trinajstić information content (AvgIpc) is 3.60. The Balaban J connectivity index is 1.63. The van der Waals surface area contributed by atoms with E-state index < -0.39 is 34.2 Å². The summed E-state index contributed by atoms with van der Waals surface area (Å²) in [7, 11) is -2.35. The summed E-state index contributed by atoms with van der Waals surface area (Å²) in [5, 5.41) is 9.35. The number of benzene rings is 1. The molecule has 1 saturated carbocycles. The summed E-state index contributed by atoms with van der Waals surface area (Å²) in [6.07, 6.45) is 7.85. The lowest BCUT2D eigenvalue weighted by Gasteiger charge is -2.26. The van der Waals surface area contributed by atoms with Gasteiger partial charge in [0.25, 0.3) is 10.0 Å². The van der Waals surface area contributed by atoms with Crippen LogP contribution < -0.4 is 4.90 Å². The number of nitrogens with zero attached hydrogens (tertiary/aromatic N) is 5. The third-order valence-corrected chi connectivity index (χ3v) is 9.06. The molecule has 0 atom stereocenters. The van der Waals surface area contributed by atoms with Crippen molar-refractivity contribution in [2.75, 3.05) is 11.4 Å². The Bertz CT molecular complexity index is 1540. The van der Waals surface area contributed by atoms with Gasteiger partial charge in [0.15, 0.2) is 5.03 Å². The molecule has 43 heavy (non-hydrogen) atoms. The number of amides is 1. The van der Waals surface area contributed by atoms with Gasteiger partial charge < -0.3 is 14.4 Å². The molecule has 1 aliphatic carbocycles. The van der Waals surface area contributed by atoms with Crippen molar-refractivity contribution in [3.05, 3.63) is 71.8 Å². The molecule has 1 aromatic carbocycles. The number of aliphatic carboxylic acids is 1. The molecule has 0 spiro atoms. The minimum atomic E-state index is -4.05. The van der Waals surface area contributed by atoms with Crippen LogP contribution in [0.3, 0.4) is 0 Å². The van der Waals surface area contributed by atoms with E-state index in [1.165, 1.54) is 47.7 Å². The number of sulfonamides is 1. The van der Waals surface area contributed by atoms with Crippen LogP contribution in [0.5, 0.6) is 0 Å². The van der Waals surface area contributed by atoms with Crippen molar-refractivity contribution in [3.8, 4) is 0 Å². The normalized spacial score (nSPS) is 14.5. The maximum Gasteiger partial charge on any atom is 0.416 e. The van der Waals surface area contributed by atoms with Gasteiger partial charge in [0.2, 0.25) is 0 Å². The van der Waals surface area contributed by atoms with Crippen molar-refractivity contribution < 1.29 is 27.9 Å². The van der Waals surface area contributed by atoms with E-state index in [2.05, 4.69) is 29.0 Å². The SMILES string of the molecule is CCCCC1(c2ccc(CN(Cc3cccc(N(CC(=O)O)C(=O)OC(C)(C)C)n3)S(=O)(=O)c3cn(C)cn3)cc2)CC1. The lowest BCUT2D eigenvalue weighted by atomic mass is 9.90. The molecule has 1 amide bonds.